The van der Waals surface area contributed by atoms with Gasteiger partial charge in [-0.15, -0.1) is 11.8 Å². The van der Waals surface area contributed by atoms with E-state index >= 15 is 0 Å². The van der Waals surface area contributed by atoms with Crippen molar-refractivity contribution in [3.63, 3.8) is 0 Å². The molecule has 136 valence electrons. The van der Waals surface area contributed by atoms with Crippen molar-refractivity contribution >= 4 is 39.2 Å². The van der Waals surface area contributed by atoms with Crippen LogP contribution in [0.4, 0.5) is 5.69 Å². The molecule has 1 aliphatic rings. The third-order valence-electron chi connectivity index (χ3n) is 3.88. The standard InChI is InChI=1S/C18H19N3O3S2/c1-25-16-9-3-2-8-15(16)18(22)20-13-6-4-7-14(12-13)26(23,24)21-17-10-5-11-19-17/h2-4,6-9,12H,5,10-11H2,1H3,(H,19,21)(H,20,22). The zero-order valence-corrected chi connectivity index (χ0v) is 15.9. The Morgan fingerprint density at radius 3 is 2.69 bits per heavy atom. The highest BCUT2D eigenvalue weighted by molar-refractivity contribution is 7.98. The van der Waals surface area contributed by atoms with Crippen LogP contribution in [0.25, 0.3) is 0 Å². The Hall–Kier alpha value is -2.32. The van der Waals surface area contributed by atoms with Crippen LogP contribution in [0.15, 0.2) is 63.3 Å². The summed E-state index contributed by atoms with van der Waals surface area (Å²) in [5.74, 6) is 0.200. The van der Waals surface area contributed by atoms with Gasteiger partial charge in [-0.1, -0.05) is 18.2 Å². The molecule has 0 saturated heterocycles. The zero-order chi connectivity index (χ0) is 18.6. The number of amidine groups is 1. The summed E-state index contributed by atoms with van der Waals surface area (Å²) < 4.78 is 27.5. The smallest absolute Gasteiger partial charge is 0.262 e. The number of amides is 1. The second-order valence-electron chi connectivity index (χ2n) is 5.72. The first-order valence-electron chi connectivity index (χ1n) is 8.10. The summed E-state index contributed by atoms with van der Waals surface area (Å²) in [5.41, 5.74) is 0.967. The summed E-state index contributed by atoms with van der Waals surface area (Å²) in [5, 5.41) is 2.76. The summed E-state index contributed by atoms with van der Waals surface area (Å²) in [7, 11) is -3.72. The Balaban J connectivity index is 1.80. The molecule has 0 fully saturated rings. The molecule has 2 N–H and O–H groups in total. The lowest BCUT2D eigenvalue weighted by atomic mass is 10.2. The van der Waals surface area contributed by atoms with Crippen LogP contribution >= 0.6 is 11.8 Å². The van der Waals surface area contributed by atoms with Crippen molar-refractivity contribution in [1.29, 1.82) is 0 Å². The molecular weight excluding hydrogens is 370 g/mol. The number of carbonyl (C=O) groups is 1. The molecule has 0 spiro atoms. The molecule has 2 aromatic rings. The molecule has 1 amide bonds. The number of hydrogen-bond donors (Lipinski definition) is 2. The van der Waals surface area contributed by atoms with E-state index in [2.05, 4.69) is 15.0 Å². The summed E-state index contributed by atoms with van der Waals surface area (Å²) in [6.45, 7) is 0.642. The lowest BCUT2D eigenvalue weighted by molar-refractivity contribution is 0.102. The summed E-state index contributed by atoms with van der Waals surface area (Å²) >= 11 is 1.48. The average Bonchev–Trinajstić information content (AvgIpc) is 3.14. The monoisotopic (exact) mass is 389 g/mol. The van der Waals surface area contributed by atoms with Crippen LogP contribution in [0.2, 0.25) is 0 Å². The molecule has 0 aliphatic carbocycles. The van der Waals surface area contributed by atoms with Gasteiger partial charge >= 0.3 is 0 Å². The first-order chi connectivity index (χ1) is 12.5. The Bertz CT molecular complexity index is 956. The van der Waals surface area contributed by atoms with Gasteiger partial charge in [-0.25, -0.2) is 8.42 Å². The van der Waals surface area contributed by atoms with Gasteiger partial charge in [0.15, 0.2) is 0 Å². The van der Waals surface area contributed by atoms with Gasteiger partial charge in [0.2, 0.25) is 0 Å². The maximum atomic E-state index is 12.5. The van der Waals surface area contributed by atoms with Crippen molar-refractivity contribution in [3.05, 3.63) is 54.1 Å². The van der Waals surface area contributed by atoms with Crippen molar-refractivity contribution in [2.45, 2.75) is 22.6 Å². The highest BCUT2D eigenvalue weighted by atomic mass is 32.2. The molecular formula is C18H19N3O3S2. The minimum Gasteiger partial charge on any atom is -0.322 e. The van der Waals surface area contributed by atoms with Gasteiger partial charge in [0, 0.05) is 23.5 Å². The number of nitrogens with zero attached hydrogens (tertiary/aromatic N) is 1. The second kappa shape index (κ2) is 7.92. The van der Waals surface area contributed by atoms with E-state index in [-0.39, 0.29) is 10.8 Å². The lowest BCUT2D eigenvalue weighted by Gasteiger charge is -2.11. The molecule has 6 nitrogen and oxygen atoms in total. The molecule has 0 radical (unpaired) electrons. The van der Waals surface area contributed by atoms with Gasteiger partial charge in [0.1, 0.15) is 5.84 Å². The Kier molecular flexibility index (Phi) is 5.63. The number of thioether (sulfide) groups is 1. The molecule has 1 heterocycles. The van der Waals surface area contributed by atoms with Gasteiger partial charge in [-0.3, -0.25) is 14.5 Å². The molecule has 3 rings (SSSR count). The minimum absolute atomic E-state index is 0.0862. The Morgan fingerprint density at radius 2 is 1.96 bits per heavy atom. The van der Waals surface area contributed by atoms with Gasteiger partial charge < -0.3 is 5.32 Å². The van der Waals surface area contributed by atoms with Gasteiger partial charge in [-0.2, -0.15) is 0 Å². The number of aliphatic imine (C=N–C) groups is 1. The van der Waals surface area contributed by atoms with E-state index in [1.807, 2.05) is 18.4 Å². The quantitative estimate of drug-likeness (QED) is 0.769. The Labute approximate surface area is 157 Å². The van der Waals surface area contributed by atoms with Crippen molar-refractivity contribution in [1.82, 2.24) is 4.72 Å². The van der Waals surface area contributed by atoms with E-state index in [1.165, 1.54) is 23.9 Å². The van der Waals surface area contributed by atoms with Crippen molar-refractivity contribution < 1.29 is 13.2 Å². The van der Waals surface area contributed by atoms with Crippen LogP contribution in [-0.4, -0.2) is 33.0 Å². The normalized spacial score (nSPS) is 14.0. The number of sulfonamides is 1. The molecule has 0 aromatic heterocycles. The van der Waals surface area contributed by atoms with Gasteiger partial charge in [0.05, 0.1) is 10.5 Å². The molecule has 0 saturated carbocycles. The summed E-state index contributed by atoms with van der Waals surface area (Å²) in [4.78, 5) is 17.6. The maximum Gasteiger partial charge on any atom is 0.262 e. The first-order valence-corrected chi connectivity index (χ1v) is 10.8. The Morgan fingerprint density at radius 1 is 1.15 bits per heavy atom. The highest BCUT2D eigenvalue weighted by Crippen LogP contribution is 2.22. The fourth-order valence-corrected chi connectivity index (χ4v) is 4.34. The fourth-order valence-electron chi connectivity index (χ4n) is 2.61. The molecule has 8 heteroatoms. The molecule has 0 unspecified atom stereocenters. The summed E-state index contributed by atoms with van der Waals surface area (Å²) in [6.07, 6.45) is 3.38. The fraction of sp³-hybridized carbons (Fsp3) is 0.222. The SMILES string of the molecule is CSc1ccccc1C(=O)Nc1cccc(S(=O)(=O)NC2=NCCC2)c1. The third kappa shape index (κ3) is 4.25. The lowest BCUT2D eigenvalue weighted by Crippen LogP contribution is -2.29. The van der Waals surface area contributed by atoms with E-state index in [9.17, 15) is 13.2 Å². The van der Waals surface area contributed by atoms with Crippen molar-refractivity contribution in [2.24, 2.45) is 4.99 Å². The first kappa shape index (κ1) is 18.5. The van der Waals surface area contributed by atoms with Crippen LogP contribution in [0.1, 0.15) is 23.2 Å². The zero-order valence-electron chi connectivity index (χ0n) is 14.2. The number of nitrogens with one attached hydrogen (secondary N) is 2. The predicted molar refractivity (Wildman–Crippen MR) is 104 cm³/mol. The topological polar surface area (TPSA) is 87.6 Å². The maximum absolute atomic E-state index is 12.5. The minimum atomic E-state index is -3.72. The van der Waals surface area contributed by atoms with Gasteiger partial charge in [0.25, 0.3) is 15.9 Å². The second-order valence-corrected chi connectivity index (χ2v) is 8.25. The molecule has 1 aliphatic heterocycles. The molecule has 2 aromatic carbocycles. The number of rotatable bonds is 5. The largest absolute Gasteiger partial charge is 0.322 e. The highest BCUT2D eigenvalue weighted by Gasteiger charge is 2.19. The van der Waals surface area contributed by atoms with E-state index in [0.29, 0.717) is 30.1 Å². The van der Waals surface area contributed by atoms with E-state index < -0.39 is 10.0 Å². The molecule has 0 bridgehead atoms. The van der Waals surface area contributed by atoms with E-state index in [1.54, 1.807) is 24.3 Å². The van der Waals surface area contributed by atoms with Crippen LogP contribution in [0.3, 0.4) is 0 Å². The van der Waals surface area contributed by atoms with E-state index in [0.717, 1.165) is 11.3 Å². The number of carbonyl (C=O) groups excluding carboxylic acids is 1. The van der Waals surface area contributed by atoms with Crippen LogP contribution in [0.5, 0.6) is 0 Å². The molecule has 0 atom stereocenters. The summed E-state index contributed by atoms with van der Waals surface area (Å²) in [6, 6.07) is 13.5. The van der Waals surface area contributed by atoms with Crippen molar-refractivity contribution in [3.8, 4) is 0 Å². The van der Waals surface area contributed by atoms with Crippen molar-refractivity contribution in [2.75, 3.05) is 18.1 Å². The van der Waals surface area contributed by atoms with Crippen LogP contribution < -0.4 is 10.0 Å². The van der Waals surface area contributed by atoms with Gasteiger partial charge in [-0.05, 0) is 43.0 Å². The number of anilines is 1. The predicted octanol–water partition coefficient (Wildman–Crippen LogP) is 3.13. The van der Waals surface area contributed by atoms with Crippen LogP contribution in [-0.2, 0) is 10.0 Å². The van der Waals surface area contributed by atoms with Crippen LogP contribution in [0, 0.1) is 0 Å². The van der Waals surface area contributed by atoms with E-state index in [4.69, 9.17) is 0 Å². The number of benzene rings is 2. The average molecular weight is 390 g/mol. The third-order valence-corrected chi connectivity index (χ3v) is 6.06. The number of hydrogen-bond acceptors (Lipinski definition) is 5. The molecule has 26 heavy (non-hydrogen) atoms.